The molecule has 0 N–H and O–H groups in total. The van der Waals surface area contributed by atoms with E-state index >= 15 is 0 Å². The molecule has 0 fully saturated rings. The van der Waals surface area contributed by atoms with Gasteiger partial charge in [0.1, 0.15) is 0 Å². The van der Waals surface area contributed by atoms with E-state index in [1.54, 1.807) is 0 Å². The second kappa shape index (κ2) is 10.7. The van der Waals surface area contributed by atoms with Gasteiger partial charge in [-0.15, -0.1) is 0 Å². The highest BCUT2D eigenvalue weighted by Gasteiger charge is 2.22. The fourth-order valence-corrected chi connectivity index (χ4v) is 11.3. The van der Waals surface area contributed by atoms with Crippen molar-refractivity contribution in [1.29, 1.82) is 0 Å². The standard InChI is InChI=1S/C42H40Si2/c1-43(2,3)41-37-21-11-22-38(41)34-18-8-14-30(26-34)32-16-10-20-36(28-32)40-24-12-23-39(42(40)44(4,5)6)35-19-9-15-31(27-35)29-13-7-17-33(37)25-29/h7-28H,1-6H3. The van der Waals surface area contributed by atoms with Crippen molar-refractivity contribution in [2.45, 2.75) is 39.3 Å². The fourth-order valence-electron chi connectivity index (χ4n) is 7.15. The minimum absolute atomic E-state index is 1.26. The minimum atomic E-state index is -1.75. The molecule has 0 aliphatic heterocycles. The van der Waals surface area contributed by atoms with Crippen LogP contribution < -0.4 is 10.4 Å². The van der Waals surface area contributed by atoms with Crippen LogP contribution in [-0.2, 0) is 0 Å². The van der Waals surface area contributed by atoms with Crippen LogP contribution in [0, 0.1) is 0 Å². The van der Waals surface area contributed by atoms with Crippen LogP contribution in [0.15, 0.2) is 133 Å². The fraction of sp³-hybridized carbons (Fsp3) is 0.143. The smallest absolute Gasteiger partial charge is 0.0656 e. The van der Waals surface area contributed by atoms with E-state index in [4.69, 9.17) is 0 Å². The Morgan fingerprint density at radius 2 is 0.477 bits per heavy atom. The van der Waals surface area contributed by atoms with Crippen molar-refractivity contribution in [2.24, 2.45) is 0 Å². The van der Waals surface area contributed by atoms with Gasteiger partial charge in [-0.25, -0.2) is 0 Å². The number of hydrogen-bond acceptors (Lipinski definition) is 0. The Balaban J connectivity index is 1.80. The predicted molar refractivity (Wildman–Crippen MR) is 204 cm³/mol. The summed E-state index contributed by atoms with van der Waals surface area (Å²) in [6.45, 7) is 14.9. The lowest BCUT2D eigenvalue weighted by Gasteiger charge is -2.21. The van der Waals surface area contributed by atoms with E-state index in [-0.39, 0.29) is 0 Å². The molecule has 0 atom stereocenters. The van der Waals surface area contributed by atoms with Crippen molar-refractivity contribution in [3.63, 3.8) is 0 Å². The van der Waals surface area contributed by atoms with Crippen molar-refractivity contribution < 1.29 is 0 Å². The molecule has 0 saturated heterocycles. The molecule has 0 aromatic heterocycles. The first kappa shape index (κ1) is 28.5. The van der Waals surface area contributed by atoms with Crippen LogP contribution in [0.1, 0.15) is 0 Å². The molecule has 44 heavy (non-hydrogen) atoms. The molecule has 0 unspecified atom stereocenters. The van der Waals surface area contributed by atoms with Crippen LogP contribution in [0.3, 0.4) is 0 Å². The van der Waals surface area contributed by atoms with E-state index < -0.39 is 16.1 Å². The molecule has 7 aromatic rings. The van der Waals surface area contributed by atoms with Gasteiger partial charge in [-0.1, -0.05) is 148 Å². The largest absolute Gasteiger partial charge is 0.0792 e. The van der Waals surface area contributed by atoms with Gasteiger partial charge in [0.05, 0.1) is 16.1 Å². The van der Waals surface area contributed by atoms with E-state index in [0.717, 1.165) is 0 Å². The van der Waals surface area contributed by atoms with Crippen LogP contribution in [0.25, 0.3) is 64.6 Å². The Bertz CT molecular complexity index is 2030. The van der Waals surface area contributed by atoms with Crippen LogP contribution >= 0.6 is 0 Å². The van der Waals surface area contributed by atoms with E-state index in [1.165, 1.54) is 75.0 Å². The van der Waals surface area contributed by atoms with Gasteiger partial charge in [-0.3, -0.25) is 0 Å². The number of benzene rings is 6. The third-order valence-corrected chi connectivity index (χ3v) is 13.1. The Morgan fingerprint density at radius 1 is 0.273 bits per heavy atom. The summed E-state index contributed by atoms with van der Waals surface area (Å²) in [6.07, 6.45) is 0. The normalized spacial score (nSPS) is 12.3. The van der Waals surface area contributed by atoms with Crippen molar-refractivity contribution >= 4 is 91.2 Å². The molecule has 0 heterocycles. The summed E-state index contributed by atoms with van der Waals surface area (Å²) in [6, 6.07) is 50.6. The molecule has 0 nitrogen and oxygen atoms in total. The molecule has 0 amide bonds. The second-order valence-electron chi connectivity index (χ2n) is 14.3. The molecular formula is C42H40Si2. The zero-order chi connectivity index (χ0) is 30.6. The summed E-state index contributed by atoms with van der Waals surface area (Å²) in [4.78, 5) is 0. The SMILES string of the molecule is C[Si](C)(C)c1c2cccc1c1cccc(c1)c1cccc(c1)c1cccc(c1[Si](C)(C)C)c1cccc(c1)c1cccc2c1. The summed E-state index contributed by atoms with van der Waals surface area (Å²) in [7, 11) is -3.51. The summed E-state index contributed by atoms with van der Waals surface area (Å²) < 4.78 is 0. The quantitative estimate of drug-likeness (QED) is 0.173. The highest BCUT2D eigenvalue weighted by atomic mass is 28.3. The molecular weight excluding hydrogens is 561 g/mol. The van der Waals surface area contributed by atoms with Crippen molar-refractivity contribution in [3.8, 4) is 0 Å². The van der Waals surface area contributed by atoms with Gasteiger partial charge in [0.2, 0.25) is 0 Å². The molecule has 2 heteroatoms. The maximum absolute atomic E-state index is 2.48. The minimum Gasteiger partial charge on any atom is -0.0656 e. The molecule has 0 saturated carbocycles. The second-order valence-corrected chi connectivity index (χ2v) is 24.3. The third kappa shape index (κ3) is 5.13. The summed E-state index contributed by atoms with van der Waals surface area (Å²) >= 11 is 0. The van der Waals surface area contributed by atoms with Gasteiger partial charge in [0.25, 0.3) is 0 Å². The third-order valence-electron chi connectivity index (χ3n) is 8.99. The van der Waals surface area contributed by atoms with Gasteiger partial charge in [-0.05, 0) is 99.3 Å². The van der Waals surface area contributed by atoms with E-state index in [2.05, 4.69) is 173 Å². The molecule has 0 radical (unpaired) electrons. The van der Waals surface area contributed by atoms with Gasteiger partial charge in [0, 0.05) is 0 Å². The molecule has 216 valence electrons. The molecule has 0 aliphatic carbocycles. The topological polar surface area (TPSA) is 0 Å². The number of fused-ring (bicyclic) bond motifs is 18. The summed E-state index contributed by atoms with van der Waals surface area (Å²) in [5.74, 6) is 0. The molecule has 0 spiro atoms. The molecule has 0 aliphatic rings. The summed E-state index contributed by atoms with van der Waals surface area (Å²) in [5, 5.41) is 18.7. The molecule has 7 rings (SSSR count). The average molecular weight is 601 g/mol. The van der Waals surface area contributed by atoms with E-state index in [9.17, 15) is 0 Å². The van der Waals surface area contributed by atoms with E-state index in [0.29, 0.717) is 0 Å². The predicted octanol–water partition coefficient (Wildman–Crippen LogP) is 11.4. The van der Waals surface area contributed by atoms with Crippen molar-refractivity contribution in [2.75, 3.05) is 0 Å². The van der Waals surface area contributed by atoms with Crippen molar-refractivity contribution in [1.82, 2.24) is 0 Å². The monoisotopic (exact) mass is 600 g/mol. The zero-order valence-corrected chi connectivity index (χ0v) is 28.7. The van der Waals surface area contributed by atoms with Gasteiger partial charge >= 0.3 is 0 Å². The Kier molecular flexibility index (Phi) is 6.95. The first-order chi connectivity index (χ1) is 21.1. The van der Waals surface area contributed by atoms with Gasteiger partial charge in [-0.2, -0.15) is 0 Å². The lowest BCUT2D eigenvalue weighted by molar-refractivity contribution is 1.74. The highest BCUT2D eigenvalue weighted by molar-refractivity contribution is 6.92. The van der Waals surface area contributed by atoms with Crippen LogP contribution in [-0.4, -0.2) is 16.1 Å². The van der Waals surface area contributed by atoms with Crippen LogP contribution in [0.2, 0.25) is 39.3 Å². The zero-order valence-electron chi connectivity index (χ0n) is 26.7. The first-order valence-corrected chi connectivity index (χ1v) is 22.8. The highest BCUT2D eigenvalue weighted by Crippen LogP contribution is 2.27. The molecule has 12 bridgehead atoms. The molecule has 7 aromatic carbocycles. The Labute approximate surface area is 263 Å². The first-order valence-electron chi connectivity index (χ1n) is 15.8. The maximum atomic E-state index is 2.48. The van der Waals surface area contributed by atoms with Gasteiger partial charge < -0.3 is 0 Å². The number of hydrogen-bond donors (Lipinski definition) is 0. The van der Waals surface area contributed by atoms with Crippen molar-refractivity contribution in [3.05, 3.63) is 133 Å². The maximum Gasteiger partial charge on any atom is 0.0792 e. The van der Waals surface area contributed by atoms with Gasteiger partial charge in [0.15, 0.2) is 0 Å². The van der Waals surface area contributed by atoms with Crippen LogP contribution in [0.5, 0.6) is 0 Å². The number of rotatable bonds is 2. The lowest BCUT2D eigenvalue weighted by atomic mass is 10.0. The summed E-state index contributed by atoms with van der Waals surface area (Å²) in [5.41, 5.74) is 0. The van der Waals surface area contributed by atoms with E-state index in [1.807, 2.05) is 0 Å². The Hall–Kier alpha value is -4.25. The average Bonchev–Trinajstić information content (AvgIpc) is 3.03. The lowest BCUT2D eigenvalue weighted by Crippen LogP contribution is -2.38. The van der Waals surface area contributed by atoms with Crippen LogP contribution in [0.4, 0.5) is 0 Å². The Morgan fingerprint density at radius 3 is 0.705 bits per heavy atom.